The zero-order valence-corrected chi connectivity index (χ0v) is 14.9. The lowest BCUT2D eigenvalue weighted by molar-refractivity contribution is 0.120. The van der Waals surface area contributed by atoms with Gasteiger partial charge < -0.3 is 19.9 Å². The number of rotatable bonds is 5. The number of nitrogens with one attached hydrogen (secondary N) is 1. The molecular formula is C18H23N3O5. The Morgan fingerprint density at radius 3 is 2.50 bits per heavy atom. The molecule has 0 aromatic heterocycles. The number of hydrogen-bond acceptors (Lipinski definition) is 5. The maximum atomic E-state index is 12.6. The molecule has 2 N–H and O–H groups in total. The summed E-state index contributed by atoms with van der Waals surface area (Å²) in [5.74, 6) is 0.915. The lowest BCUT2D eigenvalue weighted by Gasteiger charge is -2.31. The zero-order valence-electron chi connectivity index (χ0n) is 14.9. The van der Waals surface area contributed by atoms with Crippen LogP contribution >= 0.6 is 0 Å². The number of urea groups is 1. The van der Waals surface area contributed by atoms with Crippen LogP contribution in [0.3, 0.4) is 0 Å². The Morgan fingerprint density at radius 2 is 1.96 bits per heavy atom. The fraction of sp³-hybridized carbons (Fsp3) is 0.500. The minimum atomic E-state index is -1.31. The molecule has 1 saturated carbocycles. The van der Waals surface area contributed by atoms with Crippen LogP contribution in [-0.4, -0.2) is 42.4 Å². The molecule has 1 aliphatic carbocycles. The predicted molar refractivity (Wildman–Crippen MR) is 93.2 cm³/mol. The third-order valence-corrected chi connectivity index (χ3v) is 4.51. The molecule has 1 aromatic carbocycles. The maximum absolute atomic E-state index is 12.6. The summed E-state index contributed by atoms with van der Waals surface area (Å²) in [5.41, 5.74) is 0.429. The van der Waals surface area contributed by atoms with E-state index < -0.39 is 18.2 Å². The number of imide groups is 1. The summed E-state index contributed by atoms with van der Waals surface area (Å²) in [7, 11) is 2.95. The lowest BCUT2D eigenvalue weighted by atomic mass is 9.94. The highest BCUT2D eigenvalue weighted by molar-refractivity contribution is 5.90. The number of amides is 3. The summed E-state index contributed by atoms with van der Waals surface area (Å²) in [6.45, 7) is 0. The van der Waals surface area contributed by atoms with Gasteiger partial charge in [-0.1, -0.05) is 19.3 Å². The van der Waals surface area contributed by atoms with Crippen molar-refractivity contribution in [1.82, 2.24) is 10.2 Å². The van der Waals surface area contributed by atoms with Crippen LogP contribution in [-0.2, 0) is 0 Å². The van der Waals surface area contributed by atoms with Gasteiger partial charge in [-0.2, -0.15) is 5.26 Å². The van der Waals surface area contributed by atoms with Crippen molar-refractivity contribution in [3.63, 3.8) is 0 Å². The van der Waals surface area contributed by atoms with E-state index >= 15 is 0 Å². The van der Waals surface area contributed by atoms with Gasteiger partial charge in [0.2, 0.25) is 0 Å². The van der Waals surface area contributed by atoms with Crippen LogP contribution < -0.4 is 14.8 Å². The van der Waals surface area contributed by atoms with E-state index in [1.54, 1.807) is 18.2 Å². The van der Waals surface area contributed by atoms with Gasteiger partial charge in [0.1, 0.15) is 17.5 Å². The number of methoxy groups -OCH3 is 2. The molecule has 8 nitrogen and oxygen atoms in total. The molecule has 1 fully saturated rings. The van der Waals surface area contributed by atoms with E-state index in [-0.39, 0.29) is 6.04 Å². The largest absolute Gasteiger partial charge is 0.497 e. The van der Waals surface area contributed by atoms with Crippen LogP contribution in [0.4, 0.5) is 9.59 Å². The predicted octanol–water partition coefficient (Wildman–Crippen LogP) is 3.29. The van der Waals surface area contributed by atoms with Gasteiger partial charge >= 0.3 is 12.1 Å². The van der Waals surface area contributed by atoms with Crippen LogP contribution in [0.2, 0.25) is 0 Å². The number of nitriles is 1. The van der Waals surface area contributed by atoms with E-state index in [2.05, 4.69) is 5.32 Å². The number of carboxylic acid groups (broad SMARTS) is 1. The summed E-state index contributed by atoms with van der Waals surface area (Å²) in [6.07, 6.45) is 2.78. The summed E-state index contributed by atoms with van der Waals surface area (Å²) in [4.78, 5) is 25.0. The average molecular weight is 361 g/mol. The number of benzene rings is 1. The van der Waals surface area contributed by atoms with Gasteiger partial charge in [0.15, 0.2) is 0 Å². The molecule has 1 unspecified atom stereocenters. The van der Waals surface area contributed by atoms with Gasteiger partial charge in [0.25, 0.3) is 0 Å². The van der Waals surface area contributed by atoms with Crippen molar-refractivity contribution in [2.45, 2.75) is 44.2 Å². The minimum Gasteiger partial charge on any atom is -0.497 e. The molecule has 2 rings (SSSR count). The summed E-state index contributed by atoms with van der Waals surface area (Å²) in [6, 6.07) is 4.63. The quantitative estimate of drug-likeness (QED) is 0.832. The number of hydrogen-bond donors (Lipinski definition) is 2. The van der Waals surface area contributed by atoms with E-state index in [1.165, 1.54) is 14.2 Å². The Balaban J connectivity index is 2.21. The molecule has 0 spiro atoms. The van der Waals surface area contributed by atoms with Gasteiger partial charge in [-0.15, -0.1) is 0 Å². The van der Waals surface area contributed by atoms with E-state index in [4.69, 9.17) is 9.47 Å². The second kappa shape index (κ2) is 8.94. The first-order valence-electron chi connectivity index (χ1n) is 8.46. The molecule has 0 saturated heterocycles. The number of carbonyl (C=O) groups excluding carboxylic acids is 1. The van der Waals surface area contributed by atoms with Crippen LogP contribution in [0.15, 0.2) is 18.2 Å². The zero-order chi connectivity index (χ0) is 19.1. The first-order valence-corrected chi connectivity index (χ1v) is 8.46. The molecule has 0 heterocycles. The summed E-state index contributed by atoms with van der Waals surface area (Å²) in [5, 5.41) is 21.4. The second-order valence-corrected chi connectivity index (χ2v) is 6.06. The maximum Gasteiger partial charge on any atom is 0.415 e. The standard InChI is InChI=1S/C18H23N3O5/c1-25-13-8-9-14(16(10-13)26-2)15(11-19)20-17(22)21(18(23)24)12-6-4-3-5-7-12/h8-10,12,15H,3-7H2,1-2H3,(H,20,22)(H,23,24). The molecule has 0 radical (unpaired) electrons. The molecule has 0 aliphatic heterocycles. The van der Waals surface area contributed by atoms with Gasteiger partial charge in [-0.05, 0) is 25.0 Å². The first kappa shape index (κ1) is 19.4. The number of ether oxygens (including phenoxy) is 2. The van der Waals surface area contributed by atoms with Crippen molar-refractivity contribution in [2.75, 3.05) is 14.2 Å². The SMILES string of the molecule is COc1ccc(C(C#N)NC(=O)N(C(=O)O)C2CCCCC2)c(OC)c1. The smallest absolute Gasteiger partial charge is 0.415 e. The van der Waals surface area contributed by atoms with Crippen LogP contribution in [0.25, 0.3) is 0 Å². The van der Waals surface area contributed by atoms with Gasteiger partial charge in [-0.3, -0.25) is 0 Å². The molecule has 140 valence electrons. The second-order valence-electron chi connectivity index (χ2n) is 6.06. The first-order chi connectivity index (χ1) is 12.5. The fourth-order valence-corrected chi connectivity index (χ4v) is 3.18. The van der Waals surface area contributed by atoms with Crippen molar-refractivity contribution in [3.05, 3.63) is 23.8 Å². The minimum absolute atomic E-state index is 0.363. The van der Waals surface area contributed by atoms with E-state index in [9.17, 15) is 20.0 Å². The topological polar surface area (TPSA) is 112 Å². The van der Waals surface area contributed by atoms with Crippen molar-refractivity contribution >= 4 is 12.1 Å². The van der Waals surface area contributed by atoms with Gasteiger partial charge in [0, 0.05) is 17.7 Å². The molecule has 3 amide bonds. The molecule has 26 heavy (non-hydrogen) atoms. The van der Waals surface area contributed by atoms with Crippen molar-refractivity contribution in [2.24, 2.45) is 0 Å². The normalized spacial score (nSPS) is 15.4. The summed E-state index contributed by atoms with van der Waals surface area (Å²) < 4.78 is 10.4. The molecule has 1 aliphatic rings. The van der Waals surface area contributed by atoms with E-state index in [0.29, 0.717) is 29.9 Å². The Labute approximate surface area is 152 Å². The number of nitrogens with zero attached hydrogens (tertiary/aromatic N) is 2. The molecule has 1 aromatic rings. The van der Waals surface area contributed by atoms with E-state index in [1.807, 2.05) is 6.07 Å². The Bertz CT molecular complexity index is 695. The highest BCUT2D eigenvalue weighted by atomic mass is 16.5. The van der Waals surface area contributed by atoms with E-state index in [0.717, 1.165) is 24.2 Å². The molecule has 0 bridgehead atoms. The fourth-order valence-electron chi connectivity index (χ4n) is 3.18. The highest BCUT2D eigenvalue weighted by Crippen LogP contribution is 2.30. The Hall–Kier alpha value is -2.95. The molecule has 8 heteroatoms. The van der Waals surface area contributed by atoms with Gasteiger partial charge in [0.05, 0.1) is 20.3 Å². The van der Waals surface area contributed by atoms with Crippen LogP contribution in [0.1, 0.15) is 43.7 Å². The highest BCUT2D eigenvalue weighted by Gasteiger charge is 2.32. The van der Waals surface area contributed by atoms with Gasteiger partial charge in [-0.25, -0.2) is 14.5 Å². The average Bonchev–Trinajstić information content (AvgIpc) is 2.66. The third-order valence-electron chi connectivity index (χ3n) is 4.51. The van der Waals surface area contributed by atoms with Crippen LogP contribution in [0.5, 0.6) is 11.5 Å². The molecule has 1 atom stereocenters. The number of carbonyl (C=O) groups is 2. The lowest BCUT2D eigenvalue weighted by Crippen LogP contribution is -2.50. The van der Waals surface area contributed by atoms with Crippen molar-refractivity contribution in [3.8, 4) is 17.6 Å². The molecular weight excluding hydrogens is 338 g/mol. The van der Waals surface area contributed by atoms with Crippen molar-refractivity contribution in [1.29, 1.82) is 5.26 Å². The Morgan fingerprint density at radius 1 is 1.27 bits per heavy atom. The Kier molecular flexibility index (Phi) is 6.67. The van der Waals surface area contributed by atoms with Crippen LogP contribution in [0, 0.1) is 11.3 Å². The van der Waals surface area contributed by atoms with Crippen molar-refractivity contribution < 1.29 is 24.2 Å². The summed E-state index contributed by atoms with van der Waals surface area (Å²) >= 11 is 0. The monoisotopic (exact) mass is 361 g/mol. The third kappa shape index (κ3) is 4.36.